The van der Waals surface area contributed by atoms with Crippen molar-refractivity contribution in [3.05, 3.63) is 54.1 Å². The zero-order chi connectivity index (χ0) is 15.9. The second kappa shape index (κ2) is 7.92. The number of carbonyl (C=O) groups is 1. The van der Waals surface area contributed by atoms with Gasteiger partial charge < -0.3 is 14.8 Å². The highest BCUT2D eigenvalue weighted by Crippen LogP contribution is 2.32. The third-order valence-corrected chi connectivity index (χ3v) is 4.53. The zero-order valence-electron chi connectivity index (χ0n) is 12.8. The summed E-state index contributed by atoms with van der Waals surface area (Å²) < 4.78 is 10.6. The molecular formula is C18H19NO3S. The lowest BCUT2D eigenvalue weighted by atomic mass is 10.1. The quantitative estimate of drug-likeness (QED) is 0.626. The minimum absolute atomic E-state index is 0.0799. The Balaban J connectivity index is 1.35. The topological polar surface area (TPSA) is 47.6 Å². The number of fused-ring (bicyclic) bond motifs is 1. The maximum Gasteiger partial charge on any atom is 0.231 e. The molecule has 23 heavy (non-hydrogen) atoms. The molecule has 120 valence electrons. The van der Waals surface area contributed by atoms with E-state index in [4.69, 9.17) is 9.47 Å². The average Bonchev–Trinajstić information content (AvgIpc) is 3.05. The molecule has 0 aromatic heterocycles. The zero-order valence-corrected chi connectivity index (χ0v) is 13.6. The van der Waals surface area contributed by atoms with Gasteiger partial charge in [-0.3, -0.25) is 4.79 Å². The van der Waals surface area contributed by atoms with Crippen molar-refractivity contribution in [2.45, 2.75) is 17.7 Å². The number of rotatable bonds is 7. The average molecular weight is 329 g/mol. The summed E-state index contributed by atoms with van der Waals surface area (Å²) >= 11 is 1.75. The Labute approximate surface area is 140 Å². The minimum atomic E-state index is 0.0799. The van der Waals surface area contributed by atoms with E-state index in [0.29, 0.717) is 19.4 Å². The largest absolute Gasteiger partial charge is 0.454 e. The molecule has 4 nitrogen and oxygen atoms in total. The molecule has 0 aliphatic carbocycles. The Morgan fingerprint density at radius 2 is 1.91 bits per heavy atom. The fourth-order valence-corrected chi connectivity index (χ4v) is 3.11. The van der Waals surface area contributed by atoms with Crippen LogP contribution in [0.4, 0.5) is 0 Å². The van der Waals surface area contributed by atoms with Crippen LogP contribution < -0.4 is 14.8 Å². The smallest absolute Gasteiger partial charge is 0.231 e. The van der Waals surface area contributed by atoms with Gasteiger partial charge in [0.15, 0.2) is 11.5 Å². The lowest BCUT2D eigenvalue weighted by Crippen LogP contribution is -2.25. The van der Waals surface area contributed by atoms with Gasteiger partial charge in [-0.2, -0.15) is 0 Å². The van der Waals surface area contributed by atoms with Crippen LogP contribution in [0.2, 0.25) is 0 Å². The molecule has 0 atom stereocenters. The van der Waals surface area contributed by atoms with Crippen molar-refractivity contribution in [1.82, 2.24) is 5.32 Å². The van der Waals surface area contributed by atoms with Crippen molar-refractivity contribution in [3.63, 3.8) is 0 Å². The third-order valence-electron chi connectivity index (χ3n) is 3.51. The molecule has 1 aliphatic heterocycles. The highest BCUT2D eigenvalue weighted by atomic mass is 32.2. The summed E-state index contributed by atoms with van der Waals surface area (Å²) in [7, 11) is 0. The number of nitrogens with one attached hydrogen (secondary N) is 1. The van der Waals surface area contributed by atoms with Crippen LogP contribution in [0.15, 0.2) is 53.4 Å². The first-order chi connectivity index (χ1) is 11.3. The summed E-state index contributed by atoms with van der Waals surface area (Å²) in [4.78, 5) is 13.1. The van der Waals surface area contributed by atoms with Crippen LogP contribution in [0.1, 0.15) is 12.0 Å². The molecule has 2 aromatic carbocycles. The molecule has 0 bridgehead atoms. The van der Waals surface area contributed by atoms with Gasteiger partial charge >= 0.3 is 0 Å². The van der Waals surface area contributed by atoms with E-state index in [2.05, 4.69) is 17.4 Å². The van der Waals surface area contributed by atoms with Crippen LogP contribution in [-0.2, 0) is 11.2 Å². The molecule has 5 heteroatoms. The number of carbonyl (C=O) groups excluding carboxylic acids is 1. The number of amides is 1. The number of hydrogen-bond donors (Lipinski definition) is 1. The van der Waals surface area contributed by atoms with Gasteiger partial charge in [0, 0.05) is 23.6 Å². The Bertz CT molecular complexity index is 661. The van der Waals surface area contributed by atoms with Crippen LogP contribution >= 0.6 is 11.8 Å². The number of thioether (sulfide) groups is 1. The first-order valence-corrected chi connectivity index (χ1v) is 8.63. The van der Waals surface area contributed by atoms with E-state index in [-0.39, 0.29) is 12.7 Å². The molecule has 1 heterocycles. The molecule has 1 aliphatic rings. The molecule has 2 aromatic rings. The standard InChI is InChI=1S/C18H19NO3S/c20-18(19-10-11-23-15-4-2-1-3-5-15)9-7-14-6-8-16-17(12-14)22-13-21-16/h1-6,8,12H,7,9-11,13H2,(H,19,20). The summed E-state index contributed by atoms with van der Waals surface area (Å²) in [6.07, 6.45) is 1.18. The van der Waals surface area contributed by atoms with Crippen LogP contribution in [-0.4, -0.2) is 25.0 Å². The fourth-order valence-electron chi connectivity index (χ4n) is 2.32. The first-order valence-electron chi connectivity index (χ1n) is 7.64. The van der Waals surface area contributed by atoms with Gasteiger partial charge in [-0.05, 0) is 36.2 Å². The molecule has 0 saturated carbocycles. The molecule has 1 N–H and O–H groups in total. The van der Waals surface area contributed by atoms with Crippen molar-refractivity contribution >= 4 is 17.7 Å². The summed E-state index contributed by atoms with van der Waals surface area (Å²) in [5, 5.41) is 2.96. The van der Waals surface area contributed by atoms with Crippen LogP contribution in [0.25, 0.3) is 0 Å². The van der Waals surface area contributed by atoms with Crippen molar-refractivity contribution in [1.29, 1.82) is 0 Å². The predicted molar refractivity (Wildman–Crippen MR) is 91.1 cm³/mol. The van der Waals surface area contributed by atoms with Crippen molar-refractivity contribution in [2.24, 2.45) is 0 Å². The first kappa shape index (κ1) is 15.7. The monoisotopic (exact) mass is 329 g/mol. The van der Waals surface area contributed by atoms with Gasteiger partial charge in [0.2, 0.25) is 12.7 Å². The van der Waals surface area contributed by atoms with E-state index in [1.165, 1.54) is 4.90 Å². The molecular weight excluding hydrogens is 310 g/mol. The molecule has 0 fully saturated rings. The van der Waals surface area contributed by atoms with E-state index in [0.717, 1.165) is 22.8 Å². The van der Waals surface area contributed by atoms with E-state index < -0.39 is 0 Å². The molecule has 3 rings (SSSR count). The lowest BCUT2D eigenvalue weighted by Gasteiger charge is -2.06. The summed E-state index contributed by atoms with van der Waals surface area (Å²) in [6.45, 7) is 0.956. The summed E-state index contributed by atoms with van der Waals surface area (Å²) in [5.41, 5.74) is 1.09. The molecule has 0 saturated heterocycles. The second-order valence-electron chi connectivity index (χ2n) is 5.20. The summed E-state index contributed by atoms with van der Waals surface area (Å²) in [6, 6.07) is 16.0. The molecule has 0 spiro atoms. The maximum atomic E-state index is 11.9. The Morgan fingerprint density at radius 1 is 1.09 bits per heavy atom. The van der Waals surface area contributed by atoms with Crippen LogP contribution in [0.3, 0.4) is 0 Å². The van der Waals surface area contributed by atoms with Gasteiger partial charge in [0.05, 0.1) is 0 Å². The number of aryl methyl sites for hydroxylation is 1. The lowest BCUT2D eigenvalue weighted by molar-refractivity contribution is -0.120. The van der Waals surface area contributed by atoms with E-state index in [1.54, 1.807) is 11.8 Å². The highest BCUT2D eigenvalue weighted by Gasteiger charge is 2.13. The van der Waals surface area contributed by atoms with Gasteiger partial charge in [-0.25, -0.2) is 0 Å². The number of benzene rings is 2. The second-order valence-corrected chi connectivity index (χ2v) is 6.37. The number of ether oxygens (including phenoxy) is 2. The summed E-state index contributed by atoms with van der Waals surface area (Å²) in [5.74, 6) is 2.49. The highest BCUT2D eigenvalue weighted by molar-refractivity contribution is 7.99. The Kier molecular flexibility index (Phi) is 5.42. The Hall–Kier alpha value is -2.14. The van der Waals surface area contributed by atoms with Crippen LogP contribution in [0, 0.1) is 0 Å². The van der Waals surface area contributed by atoms with Crippen molar-refractivity contribution in [3.8, 4) is 11.5 Å². The van der Waals surface area contributed by atoms with E-state index in [1.807, 2.05) is 36.4 Å². The number of hydrogen-bond acceptors (Lipinski definition) is 4. The van der Waals surface area contributed by atoms with Crippen LogP contribution in [0.5, 0.6) is 11.5 Å². The molecule has 0 radical (unpaired) electrons. The van der Waals surface area contributed by atoms with Crippen molar-refractivity contribution in [2.75, 3.05) is 19.1 Å². The predicted octanol–water partition coefficient (Wildman–Crippen LogP) is 3.26. The van der Waals surface area contributed by atoms with Gasteiger partial charge in [-0.15, -0.1) is 11.8 Å². The molecule has 1 amide bonds. The minimum Gasteiger partial charge on any atom is -0.454 e. The normalized spacial score (nSPS) is 12.2. The molecule has 0 unspecified atom stereocenters. The van der Waals surface area contributed by atoms with Gasteiger partial charge in [0.25, 0.3) is 0 Å². The SMILES string of the molecule is O=C(CCc1ccc2c(c1)OCO2)NCCSc1ccccc1. The van der Waals surface area contributed by atoms with Crippen molar-refractivity contribution < 1.29 is 14.3 Å². The fraction of sp³-hybridized carbons (Fsp3) is 0.278. The van der Waals surface area contributed by atoms with Gasteiger partial charge in [-0.1, -0.05) is 24.3 Å². The maximum absolute atomic E-state index is 11.9. The third kappa shape index (κ3) is 4.66. The van der Waals surface area contributed by atoms with E-state index >= 15 is 0 Å². The Morgan fingerprint density at radius 3 is 2.78 bits per heavy atom. The van der Waals surface area contributed by atoms with E-state index in [9.17, 15) is 4.79 Å². The van der Waals surface area contributed by atoms with Gasteiger partial charge in [0.1, 0.15) is 0 Å².